The number of nitrogens with two attached hydrogens (primary N) is 2. The Morgan fingerprint density at radius 2 is 2.00 bits per heavy atom. The third kappa shape index (κ3) is 3.13. The van der Waals surface area contributed by atoms with Crippen LogP contribution in [0.1, 0.15) is 15.9 Å². The van der Waals surface area contributed by atoms with E-state index >= 15 is 0 Å². The third-order valence-corrected chi connectivity index (χ3v) is 3.14. The van der Waals surface area contributed by atoms with E-state index in [-0.39, 0.29) is 5.75 Å². The molecule has 0 radical (unpaired) electrons. The van der Waals surface area contributed by atoms with Crippen LogP contribution in [0.2, 0.25) is 5.02 Å². The van der Waals surface area contributed by atoms with Gasteiger partial charge in [0, 0.05) is 23.4 Å². The van der Waals surface area contributed by atoms with Crippen LogP contribution in [0, 0.1) is 0 Å². The summed E-state index contributed by atoms with van der Waals surface area (Å²) in [6, 6.07) is 9.55. The maximum Gasteiger partial charge on any atom is 0.248 e. The van der Waals surface area contributed by atoms with Crippen molar-refractivity contribution in [3.8, 4) is 5.75 Å². The monoisotopic (exact) mass is 291 g/mol. The Labute approximate surface area is 121 Å². The van der Waals surface area contributed by atoms with E-state index in [1.54, 1.807) is 24.3 Å². The summed E-state index contributed by atoms with van der Waals surface area (Å²) in [4.78, 5) is 11.0. The predicted molar refractivity (Wildman–Crippen MR) is 79.8 cm³/mol. The van der Waals surface area contributed by atoms with Gasteiger partial charge in [0.1, 0.15) is 5.75 Å². The fourth-order valence-electron chi connectivity index (χ4n) is 1.75. The highest BCUT2D eigenvalue weighted by atomic mass is 35.5. The predicted octanol–water partition coefficient (Wildman–Crippen LogP) is 2.34. The molecule has 0 aromatic heterocycles. The molecule has 0 spiro atoms. The molecule has 0 saturated heterocycles. The molecule has 2 aromatic carbocycles. The fraction of sp³-hybridized carbons (Fsp3) is 0.0714. The first-order valence-electron chi connectivity index (χ1n) is 5.88. The summed E-state index contributed by atoms with van der Waals surface area (Å²) in [6.45, 7) is 0.354. The van der Waals surface area contributed by atoms with E-state index in [1.807, 2.05) is 0 Å². The number of nitrogens with one attached hydrogen (secondary N) is 1. The Morgan fingerprint density at radius 1 is 1.25 bits per heavy atom. The highest BCUT2D eigenvalue weighted by Crippen LogP contribution is 2.25. The van der Waals surface area contributed by atoms with E-state index in [4.69, 9.17) is 23.1 Å². The van der Waals surface area contributed by atoms with Crippen molar-refractivity contribution in [1.29, 1.82) is 0 Å². The van der Waals surface area contributed by atoms with Crippen molar-refractivity contribution >= 4 is 28.9 Å². The Bertz CT molecular complexity index is 659. The number of hydrogen-bond acceptors (Lipinski definition) is 4. The number of primary amides is 1. The molecule has 2 rings (SSSR count). The molecule has 104 valence electrons. The van der Waals surface area contributed by atoms with E-state index < -0.39 is 5.91 Å². The Morgan fingerprint density at radius 3 is 2.65 bits per heavy atom. The molecular formula is C14H14ClN3O2. The van der Waals surface area contributed by atoms with Crippen LogP contribution >= 0.6 is 11.6 Å². The molecule has 0 aliphatic heterocycles. The van der Waals surface area contributed by atoms with E-state index in [0.717, 1.165) is 0 Å². The largest absolute Gasteiger partial charge is 0.508 e. The lowest BCUT2D eigenvalue weighted by molar-refractivity contribution is 0.100. The van der Waals surface area contributed by atoms with Crippen LogP contribution in [0.5, 0.6) is 5.75 Å². The van der Waals surface area contributed by atoms with Gasteiger partial charge in [-0.3, -0.25) is 4.79 Å². The quantitative estimate of drug-likeness (QED) is 0.513. The molecule has 0 unspecified atom stereocenters. The smallest absolute Gasteiger partial charge is 0.248 e. The molecule has 0 saturated carbocycles. The summed E-state index contributed by atoms with van der Waals surface area (Å²) in [6.07, 6.45) is 0. The average molecular weight is 292 g/mol. The van der Waals surface area contributed by atoms with Crippen molar-refractivity contribution in [2.45, 2.75) is 6.54 Å². The van der Waals surface area contributed by atoms with E-state index in [1.165, 1.54) is 12.1 Å². The molecule has 0 fully saturated rings. The number of nitrogen functional groups attached to an aromatic ring is 1. The van der Waals surface area contributed by atoms with Crippen LogP contribution < -0.4 is 16.8 Å². The van der Waals surface area contributed by atoms with Gasteiger partial charge in [-0.25, -0.2) is 0 Å². The number of phenols is 1. The van der Waals surface area contributed by atoms with Gasteiger partial charge >= 0.3 is 0 Å². The number of amides is 1. The number of carbonyl (C=O) groups excluding carboxylic acids is 1. The number of phenolic OH excluding ortho intramolecular Hbond substituents is 1. The normalized spacial score (nSPS) is 10.2. The summed E-state index contributed by atoms with van der Waals surface area (Å²) in [5, 5.41) is 13.2. The zero-order valence-corrected chi connectivity index (χ0v) is 11.3. The van der Waals surface area contributed by atoms with Crippen LogP contribution in [0.3, 0.4) is 0 Å². The lowest BCUT2D eigenvalue weighted by atomic mass is 10.1. The SMILES string of the molecule is NC(=O)c1ccc(NCc2cc(N)ccc2O)c(Cl)c1. The summed E-state index contributed by atoms with van der Waals surface area (Å²) in [7, 11) is 0. The molecule has 5 nitrogen and oxygen atoms in total. The number of aromatic hydroxyl groups is 1. The van der Waals surface area contributed by atoms with E-state index in [0.29, 0.717) is 34.1 Å². The van der Waals surface area contributed by atoms with Gasteiger partial charge in [0.2, 0.25) is 5.91 Å². The second-order valence-electron chi connectivity index (χ2n) is 4.30. The summed E-state index contributed by atoms with van der Waals surface area (Å²) < 4.78 is 0. The van der Waals surface area contributed by atoms with E-state index in [2.05, 4.69) is 5.32 Å². The molecule has 1 amide bonds. The molecule has 0 atom stereocenters. The maximum atomic E-state index is 11.0. The van der Waals surface area contributed by atoms with Crippen LogP contribution in [0.25, 0.3) is 0 Å². The first kappa shape index (κ1) is 14.0. The van der Waals surface area contributed by atoms with E-state index in [9.17, 15) is 9.90 Å². The van der Waals surface area contributed by atoms with Crippen molar-refractivity contribution in [3.05, 3.63) is 52.5 Å². The number of benzene rings is 2. The molecule has 0 aliphatic carbocycles. The molecule has 0 bridgehead atoms. The van der Waals surface area contributed by atoms with Crippen molar-refractivity contribution in [2.75, 3.05) is 11.1 Å². The molecule has 6 heteroatoms. The van der Waals surface area contributed by atoms with Crippen molar-refractivity contribution in [2.24, 2.45) is 5.73 Å². The first-order valence-corrected chi connectivity index (χ1v) is 6.26. The fourth-order valence-corrected chi connectivity index (χ4v) is 2.00. The first-order chi connectivity index (χ1) is 9.47. The van der Waals surface area contributed by atoms with Gasteiger partial charge in [0.25, 0.3) is 0 Å². The number of hydrogen-bond donors (Lipinski definition) is 4. The second kappa shape index (κ2) is 5.71. The topological polar surface area (TPSA) is 101 Å². The van der Waals surface area contributed by atoms with Gasteiger partial charge in [-0.2, -0.15) is 0 Å². The Hall–Kier alpha value is -2.40. The summed E-state index contributed by atoms with van der Waals surface area (Å²) in [5.41, 5.74) is 13.0. The van der Waals surface area contributed by atoms with Gasteiger partial charge in [0.15, 0.2) is 0 Å². The minimum absolute atomic E-state index is 0.150. The summed E-state index contributed by atoms with van der Waals surface area (Å²) >= 11 is 6.05. The van der Waals surface area contributed by atoms with Crippen molar-refractivity contribution < 1.29 is 9.90 Å². The summed E-state index contributed by atoms with van der Waals surface area (Å²) in [5.74, 6) is -0.386. The standard InChI is InChI=1S/C14H14ClN3O2/c15-11-6-8(14(17)20)1-3-12(11)18-7-9-5-10(16)2-4-13(9)19/h1-6,18-19H,7,16H2,(H2,17,20). The third-order valence-electron chi connectivity index (χ3n) is 2.83. The van der Waals surface area contributed by atoms with Gasteiger partial charge in [-0.05, 0) is 36.4 Å². The maximum absolute atomic E-state index is 11.0. The van der Waals surface area contributed by atoms with Crippen molar-refractivity contribution in [1.82, 2.24) is 0 Å². The molecule has 2 aromatic rings. The van der Waals surface area contributed by atoms with Gasteiger partial charge in [-0.15, -0.1) is 0 Å². The molecule has 20 heavy (non-hydrogen) atoms. The highest BCUT2D eigenvalue weighted by molar-refractivity contribution is 6.33. The Kier molecular flexibility index (Phi) is 4.00. The van der Waals surface area contributed by atoms with Crippen molar-refractivity contribution in [3.63, 3.8) is 0 Å². The number of halogens is 1. The van der Waals surface area contributed by atoms with Crippen LogP contribution in [-0.2, 0) is 6.54 Å². The molecule has 0 aliphatic rings. The number of rotatable bonds is 4. The molecule has 0 heterocycles. The second-order valence-corrected chi connectivity index (χ2v) is 4.71. The van der Waals surface area contributed by atoms with Crippen LogP contribution in [0.4, 0.5) is 11.4 Å². The number of carbonyl (C=O) groups is 1. The number of anilines is 2. The minimum Gasteiger partial charge on any atom is -0.508 e. The lowest BCUT2D eigenvalue weighted by Gasteiger charge is -2.11. The molecule has 6 N–H and O–H groups in total. The van der Waals surface area contributed by atoms with Gasteiger partial charge in [-0.1, -0.05) is 11.6 Å². The Balaban J connectivity index is 2.15. The van der Waals surface area contributed by atoms with Crippen LogP contribution in [-0.4, -0.2) is 11.0 Å². The van der Waals surface area contributed by atoms with Gasteiger partial charge in [0.05, 0.1) is 10.7 Å². The average Bonchev–Trinajstić information content (AvgIpc) is 2.40. The zero-order valence-electron chi connectivity index (χ0n) is 10.6. The molecular weight excluding hydrogens is 278 g/mol. The zero-order chi connectivity index (χ0) is 14.7. The minimum atomic E-state index is -0.535. The highest BCUT2D eigenvalue weighted by Gasteiger charge is 2.07. The lowest BCUT2D eigenvalue weighted by Crippen LogP contribution is -2.11. The van der Waals surface area contributed by atoms with Crippen LogP contribution in [0.15, 0.2) is 36.4 Å². The van der Waals surface area contributed by atoms with Gasteiger partial charge < -0.3 is 21.9 Å².